The van der Waals surface area contributed by atoms with Gasteiger partial charge in [-0.3, -0.25) is 0 Å². The maximum absolute atomic E-state index is 13.8. The summed E-state index contributed by atoms with van der Waals surface area (Å²) in [4.78, 5) is 13.8. The molecule has 8 heteroatoms. The number of nitrogens with one attached hydrogen (secondary N) is 1. The van der Waals surface area contributed by atoms with Crippen LogP contribution in [0.1, 0.15) is 12.8 Å². The van der Waals surface area contributed by atoms with E-state index in [9.17, 15) is 9.18 Å². The molecule has 0 aliphatic carbocycles. The number of carbonyl (C=O) groups is 1. The molecule has 120 valence electrons. The van der Waals surface area contributed by atoms with Crippen molar-refractivity contribution in [3.05, 3.63) is 28.0 Å². The molecule has 3 rings (SSSR count). The fraction of sp³-hybridized carbons (Fsp3) is 0.500. The predicted octanol–water partition coefficient (Wildman–Crippen LogP) is 3.50. The van der Waals surface area contributed by atoms with Gasteiger partial charge in [-0.1, -0.05) is 23.2 Å². The lowest BCUT2D eigenvalue weighted by Crippen LogP contribution is -2.48. The normalized spacial score (nSPS) is 20.4. The van der Waals surface area contributed by atoms with Crippen LogP contribution in [-0.4, -0.2) is 43.0 Å². The molecule has 0 aromatic heterocycles. The van der Waals surface area contributed by atoms with Gasteiger partial charge in [0.2, 0.25) is 0 Å². The standard InChI is InChI=1S/C14H15Cl2FN2O3/c15-9-7-11(17)12(8-10(9)16)18-13(20)19-3-1-14(2-4-19)21-5-6-22-14/h7-8H,1-6H2,(H,18,20). The molecule has 0 atom stereocenters. The predicted molar refractivity (Wildman–Crippen MR) is 80.9 cm³/mol. The third-order valence-electron chi connectivity index (χ3n) is 3.88. The SMILES string of the molecule is O=C(Nc1cc(Cl)c(Cl)cc1F)N1CCC2(CC1)OCCO2. The van der Waals surface area contributed by atoms with Gasteiger partial charge in [0.15, 0.2) is 5.79 Å². The largest absolute Gasteiger partial charge is 0.347 e. The molecule has 2 amide bonds. The van der Waals surface area contributed by atoms with E-state index in [-0.39, 0.29) is 21.8 Å². The molecule has 1 spiro atoms. The fourth-order valence-electron chi connectivity index (χ4n) is 2.65. The van der Waals surface area contributed by atoms with Crippen LogP contribution in [0.5, 0.6) is 0 Å². The summed E-state index contributed by atoms with van der Waals surface area (Å²) in [5.41, 5.74) is 0.00746. The molecule has 0 radical (unpaired) electrons. The van der Waals surface area contributed by atoms with Crippen molar-refractivity contribution in [1.82, 2.24) is 4.90 Å². The first-order valence-electron chi connectivity index (χ1n) is 6.97. The van der Waals surface area contributed by atoms with Crippen LogP contribution in [0.2, 0.25) is 10.0 Å². The number of carbonyl (C=O) groups excluding carboxylic acids is 1. The zero-order valence-corrected chi connectivity index (χ0v) is 13.2. The van der Waals surface area contributed by atoms with Crippen molar-refractivity contribution in [3.8, 4) is 0 Å². The van der Waals surface area contributed by atoms with Crippen molar-refractivity contribution in [2.75, 3.05) is 31.6 Å². The summed E-state index contributed by atoms with van der Waals surface area (Å²) in [6.07, 6.45) is 1.20. The molecule has 2 aliphatic heterocycles. The van der Waals surface area contributed by atoms with Crippen LogP contribution < -0.4 is 5.32 Å². The number of urea groups is 1. The summed E-state index contributed by atoms with van der Waals surface area (Å²) in [7, 11) is 0. The zero-order chi connectivity index (χ0) is 15.7. The molecular weight excluding hydrogens is 334 g/mol. The van der Waals surface area contributed by atoms with Crippen molar-refractivity contribution in [1.29, 1.82) is 0 Å². The van der Waals surface area contributed by atoms with Gasteiger partial charge in [0.25, 0.3) is 0 Å². The molecule has 2 aliphatic rings. The number of hydrogen-bond donors (Lipinski definition) is 1. The summed E-state index contributed by atoms with van der Waals surface area (Å²) < 4.78 is 25.0. The minimum Gasteiger partial charge on any atom is -0.347 e. The van der Waals surface area contributed by atoms with Crippen molar-refractivity contribution < 1.29 is 18.7 Å². The Morgan fingerprint density at radius 2 is 1.77 bits per heavy atom. The Morgan fingerprint density at radius 1 is 1.18 bits per heavy atom. The Labute approximate surface area is 137 Å². The van der Waals surface area contributed by atoms with Gasteiger partial charge < -0.3 is 19.7 Å². The van der Waals surface area contributed by atoms with Gasteiger partial charge in [-0.2, -0.15) is 0 Å². The first-order valence-corrected chi connectivity index (χ1v) is 7.73. The molecule has 22 heavy (non-hydrogen) atoms. The number of anilines is 1. The maximum Gasteiger partial charge on any atom is 0.321 e. The van der Waals surface area contributed by atoms with Crippen molar-refractivity contribution in [2.24, 2.45) is 0 Å². The quantitative estimate of drug-likeness (QED) is 0.790. The summed E-state index contributed by atoms with van der Waals surface area (Å²) >= 11 is 11.6. The second-order valence-corrected chi connectivity index (χ2v) is 6.09. The Bertz CT molecular complexity index is 584. The zero-order valence-electron chi connectivity index (χ0n) is 11.7. The molecule has 2 fully saturated rings. The summed E-state index contributed by atoms with van der Waals surface area (Å²) in [5, 5.41) is 2.80. The van der Waals surface area contributed by atoms with E-state index in [1.807, 2.05) is 0 Å². The second-order valence-electron chi connectivity index (χ2n) is 5.27. The van der Waals surface area contributed by atoms with Crippen LogP contribution in [0.3, 0.4) is 0 Å². The highest BCUT2D eigenvalue weighted by molar-refractivity contribution is 6.42. The lowest BCUT2D eigenvalue weighted by molar-refractivity contribution is -0.181. The van der Waals surface area contributed by atoms with Gasteiger partial charge in [-0.25, -0.2) is 9.18 Å². The molecule has 1 aromatic carbocycles. The summed E-state index contributed by atoms with van der Waals surface area (Å²) in [6, 6.07) is 1.99. The number of benzene rings is 1. The Hall–Kier alpha value is -1.08. The highest BCUT2D eigenvalue weighted by Crippen LogP contribution is 2.32. The second kappa shape index (κ2) is 6.20. The molecule has 0 saturated carbocycles. The monoisotopic (exact) mass is 348 g/mol. The van der Waals surface area contributed by atoms with Crippen LogP contribution in [0.25, 0.3) is 0 Å². The van der Waals surface area contributed by atoms with E-state index in [1.54, 1.807) is 4.90 Å². The molecule has 2 heterocycles. The van der Waals surface area contributed by atoms with E-state index in [0.717, 1.165) is 6.07 Å². The average Bonchev–Trinajstić information content (AvgIpc) is 2.93. The van der Waals surface area contributed by atoms with E-state index in [0.29, 0.717) is 39.1 Å². The number of hydrogen-bond acceptors (Lipinski definition) is 3. The van der Waals surface area contributed by atoms with Gasteiger partial charge in [0, 0.05) is 25.9 Å². The molecular formula is C14H15Cl2FN2O3. The van der Waals surface area contributed by atoms with Gasteiger partial charge in [-0.05, 0) is 12.1 Å². The number of halogens is 3. The third-order valence-corrected chi connectivity index (χ3v) is 4.60. The van der Waals surface area contributed by atoms with Crippen LogP contribution >= 0.6 is 23.2 Å². The number of likely N-dealkylation sites (tertiary alicyclic amines) is 1. The number of rotatable bonds is 1. The van der Waals surface area contributed by atoms with Crippen molar-refractivity contribution in [2.45, 2.75) is 18.6 Å². The van der Waals surface area contributed by atoms with E-state index < -0.39 is 11.6 Å². The fourth-order valence-corrected chi connectivity index (χ4v) is 2.96. The van der Waals surface area contributed by atoms with Gasteiger partial charge in [-0.15, -0.1) is 0 Å². The molecule has 0 bridgehead atoms. The average molecular weight is 349 g/mol. The molecule has 1 aromatic rings. The maximum atomic E-state index is 13.8. The van der Waals surface area contributed by atoms with Crippen molar-refractivity contribution >= 4 is 34.9 Å². The minimum absolute atomic E-state index is 0.00746. The smallest absolute Gasteiger partial charge is 0.321 e. The van der Waals surface area contributed by atoms with E-state index >= 15 is 0 Å². The van der Waals surface area contributed by atoms with Crippen molar-refractivity contribution in [3.63, 3.8) is 0 Å². The molecule has 0 unspecified atom stereocenters. The van der Waals surface area contributed by atoms with Crippen LogP contribution in [0.4, 0.5) is 14.9 Å². The Balaban J connectivity index is 1.62. The lowest BCUT2D eigenvalue weighted by Gasteiger charge is -2.37. The van der Waals surface area contributed by atoms with Crippen LogP contribution in [0.15, 0.2) is 12.1 Å². The van der Waals surface area contributed by atoms with Crippen LogP contribution in [-0.2, 0) is 9.47 Å². The van der Waals surface area contributed by atoms with Gasteiger partial charge in [0.05, 0.1) is 28.9 Å². The first kappa shape index (κ1) is 15.8. The lowest BCUT2D eigenvalue weighted by atomic mass is 10.0. The highest BCUT2D eigenvalue weighted by atomic mass is 35.5. The van der Waals surface area contributed by atoms with E-state index in [1.165, 1.54) is 6.07 Å². The number of nitrogens with zero attached hydrogens (tertiary/aromatic N) is 1. The minimum atomic E-state index is -0.626. The van der Waals surface area contributed by atoms with E-state index in [2.05, 4.69) is 5.32 Å². The van der Waals surface area contributed by atoms with Gasteiger partial charge >= 0.3 is 6.03 Å². The van der Waals surface area contributed by atoms with E-state index in [4.69, 9.17) is 32.7 Å². The molecule has 1 N–H and O–H groups in total. The molecule has 2 saturated heterocycles. The summed E-state index contributed by atoms with van der Waals surface area (Å²) in [5.74, 6) is -1.18. The molecule has 5 nitrogen and oxygen atoms in total. The first-order chi connectivity index (χ1) is 10.5. The number of amides is 2. The van der Waals surface area contributed by atoms with Gasteiger partial charge in [0.1, 0.15) is 5.82 Å². The third kappa shape index (κ3) is 3.15. The number of piperidine rings is 1. The highest BCUT2D eigenvalue weighted by Gasteiger charge is 2.40. The number of ether oxygens (including phenoxy) is 2. The van der Waals surface area contributed by atoms with Crippen LogP contribution in [0, 0.1) is 5.82 Å². The topological polar surface area (TPSA) is 50.8 Å². The Morgan fingerprint density at radius 3 is 2.41 bits per heavy atom. The summed E-state index contributed by atoms with van der Waals surface area (Å²) in [6.45, 7) is 2.13. The Kier molecular flexibility index (Phi) is 4.45.